The zero-order valence-electron chi connectivity index (χ0n) is 11.5. The average molecular weight is 288 g/mol. The smallest absolute Gasteiger partial charge is 0.251 e. The van der Waals surface area contributed by atoms with Crippen LogP contribution in [0.25, 0.3) is 0 Å². The van der Waals surface area contributed by atoms with Crippen LogP contribution in [0.15, 0.2) is 48.5 Å². The first kappa shape index (κ1) is 14.6. The van der Waals surface area contributed by atoms with Gasteiger partial charge in [0.25, 0.3) is 5.91 Å². The van der Waals surface area contributed by atoms with E-state index in [9.17, 15) is 4.79 Å². The molecule has 1 N–H and O–H groups in total. The molecule has 2 rings (SSSR count). The van der Waals surface area contributed by atoms with Gasteiger partial charge in [0.15, 0.2) is 0 Å². The predicted octanol–water partition coefficient (Wildman–Crippen LogP) is 3.92. The van der Waals surface area contributed by atoms with Crippen molar-refractivity contribution in [2.45, 2.75) is 25.8 Å². The monoisotopic (exact) mass is 287 g/mol. The predicted molar refractivity (Wildman–Crippen MR) is 83.0 cm³/mol. The largest absolute Gasteiger partial charge is 0.348 e. The van der Waals surface area contributed by atoms with Gasteiger partial charge in [0.05, 0.1) is 0 Å². The van der Waals surface area contributed by atoms with Crippen LogP contribution in [0.1, 0.15) is 34.0 Å². The maximum Gasteiger partial charge on any atom is 0.251 e. The molecule has 0 bridgehead atoms. The second kappa shape index (κ2) is 7.11. The first-order valence-corrected chi connectivity index (χ1v) is 7.28. The van der Waals surface area contributed by atoms with Crippen molar-refractivity contribution in [1.82, 2.24) is 5.32 Å². The molecule has 0 aliphatic heterocycles. The summed E-state index contributed by atoms with van der Waals surface area (Å²) >= 11 is 5.78. The molecule has 0 heterocycles. The maximum absolute atomic E-state index is 12.1. The van der Waals surface area contributed by atoms with Crippen molar-refractivity contribution in [2.24, 2.45) is 0 Å². The molecule has 1 amide bonds. The van der Waals surface area contributed by atoms with E-state index in [0.29, 0.717) is 18.0 Å². The Kier molecular flexibility index (Phi) is 5.19. The molecule has 0 spiro atoms. The third kappa shape index (κ3) is 3.61. The quantitative estimate of drug-likeness (QED) is 0.830. The fraction of sp³-hybridized carbons (Fsp3) is 0.235. The van der Waals surface area contributed by atoms with E-state index in [1.165, 1.54) is 5.56 Å². The molecule has 2 nitrogen and oxygen atoms in total. The molecule has 104 valence electrons. The van der Waals surface area contributed by atoms with Gasteiger partial charge in [0.1, 0.15) is 0 Å². The van der Waals surface area contributed by atoms with Gasteiger partial charge in [-0.05, 0) is 35.2 Å². The number of hydrogen-bond donors (Lipinski definition) is 1. The zero-order valence-corrected chi connectivity index (χ0v) is 12.3. The Morgan fingerprint density at radius 1 is 1.10 bits per heavy atom. The molecule has 0 unspecified atom stereocenters. The van der Waals surface area contributed by atoms with E-state index in [2.05, 4.69) is 18.3 Å². The van der Waals surface area contributed by atoms with Crippen LogP contribution in [0.3, 0.4) is 0 Å². The van der Waals surface area contributed by atoms with E-state index < -0.39 is 0 Å². The highest BCUT2D eigenvalue weighted by Crippen LogP contribution is 2.11. The summed E-state index contributed by atoms with van der Waals surface area (Å²) in [5.74, 6) is 0.350. The number of aryl methyl sites for hydroxylation is 1. The number of nitrogens with one attached hydrogen (secondary N) is 1. The van der Waals surface area contributed by atoms with Crippen LogP contribution < -0.4 is 5.32 Å². The lowest BCUT2D eigenvalue weighted by Crippen LogP contribution is -2.23. The van der Waals surface area contributed by atoms with Crippen LogP contribution in [-0.4, -0.2) is 5.91 Å². The normalized spacial score (nSPS) is 10.3. The molecule has 0 saturated heterocycles. The van der Waals surface area contributed by atoms with Gasteiger partial charge in [-0.15, -0.1) is 11.6 Å². The lowest BCUT2D eigenvalue weighted by atomic mass is 10.1. The van der Waals surface area contributed by atoms with Crippen LogP contribution in [-0.2, 0) is 18.8 Å². The van der Waals surface area contributed by atoms with Crippen molar-refractivity contribution >= 4 is 17.5 Å². The van der Waals surface area contributed by atoms with Crippen molar-refractivity contribution < 1.29 is 4.79 Å². The van der Waals surface area contributed by atoms with Gasteiger partial charge in [0, 0.05) is 18.0 Å². The minimum atomic E-state index is -0.0668. The van der Waals surface area contributed by atoms with Gasteiger partial charge in [-0.3, -0.25) is 4.79 Å². The summed E-state index contributed by atoms with van der Waals surface area (Å²) in [6.07, 6.45) is 0.966. The number of amides is 1. The Morgan fingerprint density at radius 3 is 2.55 bits per heavy atom. The minimum absolute atomic E-state index is 0.0668. The van der Waals surface area contributed by atoms with Crippen LogP contribution in [0.4, 0.5) is 0 Å². The summed E-state index contributed by atoms with van der Waals surface area (Å²) < 4.78 is 0. The summed E-state index contributed by atoms with van der Waals surface area (Å²) in [6, 6.07) is 15.6. The van der Waals surface area contributed by atoms with E-state index in [1.54, 1.807) is 6.07 Å². The van der Waals surface area contributed by atoms with E-state index in [0.717, 1.165) is 17.5 Å². The number of hydrogen-bond acceptors (Lipinski definition) is 1. The Bertz CT molecular complexity index is 595. The fourth-order valence-corrected chi connectivity index (χ4v) is 2.31. The molecule has 0 radical (unpaired) electrons. The molecular formula is C17H18ClNO. The number of rotatable bonds is 5. The van der Waals surface area contributed by atoms with Crippen LogP contribution >= 0.6 is 11.6 Å². The maximum atomic E-state index is 12.1. The second-order valence-corrected chi connectivity index (χ2v) is 4.91. The molecule has 0 aromatic heterocycles. The topological polar surface area (TPSA) is 29.1 Å². The van der Waals surface area contributed by atoms with Crippen molar-refractivity contribution in [2.75, 3.05) is 0 Å². The van der Waals surface area contributed by atoms with Gasteiger partial charge < -0.3 is 5.32 Å². The van der Waals surface area contributed by atoms with Gasteiger partial charge in [-0.25, -0.2) is 0 Å². The van der Waals surface area contributed by atoms with E-state index in [4.69, 9.17) is 11.6 Å². The van der Waals surface area contributed by atoms with Crippen molar-refractivity contribution in [3.63, 3.8) is 0 Å². The number of alkyl halides is 1. The Hall–Kier alpha value is -1.80. The molecule has 0 fully saturated rings. The first-order chi connectivity index (χ1) is 9.74. The molecule has 2 aromatic rings. The third-order valence-electron chi connectivity index (χ3n) is 3.28. The van der Waals surface area contributed by atoms with E-state index >= 15 is 0 Å². The molecule has 2 aromatic carbocycles. The number of carbonyl (C=O) groups is 1. The van der Waals surface area contributed by atoms with Crippen LogP contribution in [0.2, 0.25) is 0 Å². The number of halogens is 1. The Balaban J connectivity index is 2.04. The number of benzene rings is 2. The Morgan fingerprint density at radius 2 is 1.85 bits per heavy atom. The van der Waals surface area contributed by atoms with Crippen molar-refractivity contribution in [3.05, 3.63) is 70.8 Å². The lowest BCUT2D eigenvalue weighted by Gasteiger charge is -2.09. The molecule has 3 heteroatoms. The summed E-state index contributed by atoms with van der Waals surface area (Å²) in [7, 11) is 0. The zero-order chi connectivity index (χ0) is 14.4. The van der Waals surface area contributed by atoms with E-state index in [-0.39, 0.29) is 5.91 Å². The highest BCUT2D eigenvalue weighted by molar-refractivity contribution is 6.17. The summed E-state index contributed by atoms with van der Waals surface area (Å²) in [6.45, 7) is 2.67. The highest BCUT2D eigenvalue weighted by atomic mass is 35.5. The summed E-state index contributed by atoms with van der Waals surface area (Å²) in [5.41, 5.74) is 4.03. The second-order valence-electron chi connectivity index (χ2n) is 4.64. The summed E-state index contributed by atoms with van der Waals surface area (Å²) in [4.78, 5) is 12.1. The van der Waals surface area contributed by atoms with Crippen molar-refractivity contribution in [1.29, 1.82) is 0 Å². The van der Waals surface area contributed by atoms with Crippen LogP contribution in [0, 0.1) is 0 Å². The standard InChI is InChI=1S/C17H18ClNO/c1-2-14-7-3-4-8-16(14)12-19-17(20)15-9-5-6-13(10-15)11-18/h3-10H,2,11-12H2,1H3,(H,19,20). The lowest BCUT2D eigenvalue weighted by molar-refractivity contribution is 0.0950. The molecule has 0 atom stereocenters. The molecule has 0 aliphatic rings. The molecule has 20 heavy (non-hydrogen) atoms. The van der Waals surface area contributed by atoms with Gasteiger partial charge in [-0.1, -0.05) is 43.3 Å². The fourth-order valence-electron chi connectivity index (χ4n) is 2.15. The highest BCUT2D eigenvalue weighted by Gasteiger charge is 2.07. The SMILES string of the molecule is CCc1ccccc1CNC(=O)c1cccc(CCl)c1. The first-order valence-electron chi connectivity index (χ1n) is 6.74. The number of carbonyl (C=O) groups excluding carboxylic acids is 1. The average Bonchev–Trinajstić information content (AvgIpc) is 2.52. The van der Waals surface area contributed by atoms with Crippen LogP contribution in [0.5, 0.6) is 0 Å². The minimum Gasteiger partial charge on any atom is -0.348 e. The summed E-state index contributed by atoms with van der Waals surface area (Å²) in [5, 5.41) is 2.96. The molecular weight excluding hydrogens is 270 g/mol. The Labute approximate surface area is 124 Å². The van der Waals surface area contributed by atoms with E-state index in [1.807, 2.05) is 36.4 Å². The van der Waals surface area contributed by atoms with Crippen molar-refractivity contribution in [3.8, 4) is 0 Å². The third-order valence-corrected chi connectivity index (χ3v) is 3.59. The molecule has 0 saturated carbocycles. The van der Waals surface area contributed by atoms with Gasteiger partial charge in [-0.2, -0.15) is 0 Å². The van der Waals surface area contributed by atoms with Gasteiger partial charge in [0.2, 0.25) is 0 Å². The van der Waals surface area contributed by atoms with Gasteiger partial charge >= 0.3 is 0 Å². The molecule has 0 aliphatic carbocycles.